The summed E-state index contributed by atoms with van der Waals surface area (Å²) in [6.07, 6.45) is 5.87. The van der Waals surface area contributed by atoms with Crippen LogP contribution in [0, 0.1) is 10.8 Å². The third-order valence-electron chi connectivity index (χ3n) is 4.84. The first-order valence-corrected chi connectivity index (χ1v) is 8.92. The molecule has 2 rings (SSSR count). The number of hydrogen-bond acceptors (Lipinski definition) is 4. The van der Waals surface area contributed by atoms with Crippen molar-refractivity contribution in [3.63, 3.8) is 0 Å². The van der Waals surface area contributed by atoms with Crippen LogP contribution in [-0.4, -0.2) is 37.0 Å². The molecule has 0 aromatic carbocycles. The average molecular weight is 324 g/mol. The Hall–Kier alpha value is -0.740. The van der Waals surface area contributed by atoms with E-state index >= 15 is 0 Å². The number of ether oxygens (including phenoxy) is 2. The van der Waals surface area contributed by atoms with E-state index < -0.39 is 0 Å². The van der Waals surface area contributed by atoms with E-state index in [1.165, 1.54) is 0 Å². The summed E-state index contributed by atoms with van der Waals surface area (Å²) in [6, 6.07) is 0. The van der Waals surface area contributed by atoms with E-state index in [1.807, 2.05) is 0 Å². The Morgan fingerprint density at radius 3 is 1.48 bits per heavy atom. The molecule has 2 aliphatic heterocycles. The lowest BCUT2D eigenvalue weighted by atomic mass is 9.79. The van der Waals surface area contributed by atoms with Gasteiger partial charge in [-0.15, -0.1) is 0 Å². The normalized spacial score (nSPS) is 23.7. The van der Waals surface area contributed by atoms with E-state index in [1.54, 1.807) is 0 Å². The second-order valence-electron chi connectivity index (χ2n) is 8.92. The average Bonchev–Trinajstić information content (AvgIpc) is 3.25. The lowest BCUT2D eigenvalue weighted by Crippen LogP contribution is -2.23. The van der Waals surface area contributed by atoms with Gasteiger partial charge in [0, 0.05) is 12.8 Å². The summed E-state index contributed by atoms with van der Waals surface area (Å²) < 4.78 is 10.4. The summed E-state index contributed by atoms with van der Waals surface area (Å²) in [5, 5.41) is 0. The van der Waals surface area contributed by atoms with Crippen molar-refractivity contribution in [2.24, 2.45) is 10.8 Å². The Kier molecular flexibility index (Phi) is 6.01. The molecule has 132 valence electrons. The van der Waals surface area contributed by atoms with Gasteiger partial charge in [0.05, 0.1) is 31.8 Å². The van der Waals surface area contributed by atoms with Crippen LogP contribution >= 0.6 is 0 Å². The van der Waals surface area contributed by atoms with Gasteiger partial charge >= 0.3 is 0 Å². The van der Waals surface area contributed by atoms with E-state index in [0.29, 0.717) is 25.0 Å². The van der Waals surface area contributed by atoms with E-state index in [9.17, 15) is 9.59 Å². The third kappa shape index (κ3) is 8.07. The van der Waals surface area contributed by atoms with Crippen molar-refractivity contribution in [3.8, 4) is 0 Å². The fourth-order valence-electron chi connectivity index (χ4n) is 3.16. The maximum absolute atomic E-state index is 12.2. The van der Waals surface area contributed by atoms with Gasteiger partial charge in [0.2, 0.25) is 0 Å². The molecule has 0 aliphatic carbocycles. The molecule has 0 spiro atoms. The smallest absolute Gasteiger partial charge is 0.140 e. The largest absolute Gasteiger partial charge is 0.373 e. The first-order chi connectivity index (χ1) is 10.7. The summed E-state index contributed by atoms with van der Waals surface area (Å²) in [6.45, 7) is 10.2. The van der Waals surface area contributed by atoms with E-state index in [4.69, 9.17) is 9.47 Å². The lowest BCUT2D eigenvalue weighted by molar-refractivity contribution is -0.129. The zero-order valence-electron chi connectivity index (χ0n) is 15.2. The molecule has 0 aromatic heterocycles. The SMILES string of the molecule is CC(C)(CCC1CO1)CC(=O)CC(=O)CC(C)(C)CCC1CO1. The highest BCUT2D eigenvalue weighted by Gasteiger charge is 2.31. The zero-order valence-corrected chi connectivity index (χ0v) is 15.2. The van der Waals surface area contributed by atoms with Crippen LogP contribution in [-0.2, 0) is 19.1 Å². The first-order valence-electron chi connectivity index (χ1n) is 8.92. The van der Waals surface area contributed by atoms with E-state index in [2.05, 4.69) is 27.7 Å². The monoisotopic (exact) mass is 324 g/mol. The third-order valence-corrected chi connectivity index (χ3v) is 4.84. The van der Waals surface area contributed by atoms with Crippen molar-refractivity contribution in [3.05, 3.63) is 0 Å². The van der Waals surface area contributed by atoms with Crippen LogP contribution in [0.25, 0.3) is 0 Å². The fourth-order valence-corrected chi connectivity index (χ4v) is 3.16. The Morgan fingerprint density at radius 1 is 0.826 bits per heavy atom. The van der Waals surface area contributed by atoms with Gasteiger partial charge < -0.3 is 9.47 Å². The predicted octanol–water partition coefficient (Wildman–Crippen LogP) is 3.71. The Morgan fingerprint density at radius 2 is 1.17 bits per heavy atom. The van der Waals surface area contributed by atoms with Gasteiger partial charge in [-0.2, -0.15) is 0 Å². The zero-order chi connectivity index (χ0) is 17.1. The molecule has 23 heavy (non-hydrogen) atoms. The van der Waals surface area contributed by atoms with Gasteiger partial charge in [-0.3, -0.25) is 9.59 Å². The second-order valence-corrected chi connectivity index (χ2v) is 8.92. The highest BCUT2D eigenvalue weighted by molar-refractivity contribution is 5.99. The molecule has 0 saturated carbocycles. The molecule has 4 heteroatoms. The molecule has 2 atom stereocenters. The maximum Gasteiger partial charge on any atom is 0.140 e. The van der Waals surface area contributed by atoms with Crippen molar-refractivity contribution < 1.29 is 19.1 Å². The Bertz CT molecular complexity index is 391. The predicted molar refractivity (Wildman–Crippen MR) is 89.4 cm³/mol. The highest BCUT2D eigenvalue weighted by atomic mass is 16.6. The molecule has 2 fully saturated rings. The van der Waals surface area contributed by atoms with Crippen molar-refractivity contribution in [2.45, 2.75) is 84.8 Å². The molecule has 0 N–H and O–H groups in total. The summed E-state index contributed by atoms with van der Waals surface area (Å²) in [5.41, 5.74) is -0.0791. The first kappa shape index (κ1) is 18.6. The molecular formula is C19H32O4. The number of rotatable bonds is 12. The summed E-state index contributed by atoms with van der Waals surface area (Å²) in [7, 11) is 0. The minimum Gasteiger partial charge on any atom is -0.373 e. The Balaban J connectivity index is 1.66. The molecule has 0 amide bonds. The Labute approximate surface area is 140 Å². The van der Waals surface area contributed by atoms with Crippen LogP contribution in [0.4, 0.5) is 0 Å². The number of carbonyl (C=O) groups is 2. The standard InChI is InChI=1S/C19H32O4/c1-18(2,7-5-16-12-22-16)10-14(20)9-15(21)11-19(3,4)8-6-17-13-23-17/h16-17H,5-13H2,1-4H3. The van der Waals surface area contributed by atoms with Crippen molar-refractivity contribution in [1.29, 1.82) is 0 Å². The van der Waals surface area contributed by atoms with E-state index in [-0.39, 0.29) is 28.8 Å². The quantitative estimate of drug-likeness (QED) is 0.406. The number of ketones is 2. The molecule has 4 nitrogen and oxygen atoms in total. The molecule has 2 saturated heterocycles. The van der Waals surface area contributed by atoms with Crippen LogP contribution in [0.5, 0.6) is 0 Å². The lowest BCUT2D eigenvalue weighted by Gasteiger charge is -2.25. The van der Waals surface area contributed by atoms with Crippen molar-refractivity contribution >= 4 is 11.6 Å². The van der Waals surface area contributed by atoms with Gasteiger partial charge in [0.25, 0.3) is 0 Å². The van der Waals surface area contributed by atoms with Crippen LogP contribution in [0.15, 0.2) is 0 Å². The number of epoxide rings is 2. The van der Waals surface area contributed by atoms with E-state index in [0.717, 1.165) is 38.9 Å². The number of hydrogen-bond donors (Lipinski definition) is 0. The highest BCUT2D eigenvalue weighted by Crippen LogP contribution is 2.33. The minimum absolute atomic E-state index is 0.0395. The molecular weight excluding hydrogens is 292 g/mol. The molecule has 2 unspecified atom stereocenters. The van der Waals surface area contributed by atoms with Crippen LogP contribution in [0.2, 0.25) is 0 Å². The second kappa shape index (κ2) is 7.43. The summed E-state index contributed by atoms with van der Waals surface area (Å²) in [5.74, 6) is 0.163. The summed E-state index contributed by atoms with van der Waals surface area (Å²) in [4.78, 5) is 24.4. The van der Waals surface area contributed by atoms with Gasteiger partial charge in [-0.1, -0.05) is 27.7 Å². The number of carbonyl (C=O) groups excluding carboxylic acids is 2. The van der Waals surface area contributed by atoms with Crippen LogP contribution in [0.3, 0.4) is 0 Å². The van der Waals surface area contributed by atoms with Gasteiger partial charge in [0.1, 0.15) is 11.6 Å². The van der Waals surface area contributed by atoms with Crippen LogP contribution < -0.4 is 0 Å². The summed E-state index contributed by atoms with van der Waals surface area (Å²) >= 11 is 0. The molecule has 0 aromatic rings. The number of Topliss-reactive ketones (excluding diaryl/α,β-unsaturated/α-hetero) is 2. The van der Waals surface area contributed by atoms with Crippen molar-refractivity contribution in [2.75, 3.05) is 13.2 Å². The minimum atomic E-state index is -0.0395. The fraction of sp³-hybridized carbons (Fsp3) is 0.895. The molecule has 0 bridgehead atoms. The van der Waals surface area contributed by atoms with Crippen LogP contribution in [0.1, 0.15) is 72.6 Å². The van der Waals surface area contributed by atoms with Gasteiger partial charge in [-0.05, 0) is 36.5 Å². The maximum atomic E-state index is 12.2. The van der Waals surface area contributed by atoms with Gasteiger partial charge in [-0.25, -0.2) is 0 Å². The molecule has 0 radical (unpaired) electrons. The van der Waals surface area contributed by atoms with Gasteiger partial charge in [0.15, 0.2) is 0 Å². The topological polar surface area (TPSA) is 59.2 Å². The molecule has 2 aliphatic rings. The molecule has 2 heterocycles. The van der Waals surface area contributed by atoms with Crippen molar-refractivity contribution in [1.82, 2.24) is 0 Å².